The number of carbonyl (C=O) groups is 1. The molecule has 0 spiro atoms. The summed E-state index contributed by atoms with van der Waals surface area (Å²) in [6.45, 7) is 8.64. The lowest BCUT2D eigenvalue weighted by atomic mass is 9.81. The van der Waals surface area contributed by atoms with Gasteiger partial charge in [-0.2, -0.15) is 0 Å². The second-order valence-corrected chi connectivity index (χ2v) is 8.59. The molecule has 1 aliphatic heterocycles. The molecule has 0 radical (unpaired) electrons. The highest BCUT2D eigenvalue weighted by molar-refractivity contribution is 5.90. The highest BCUT2D eigenvalue weighted by Crippen LogP contribution is 2.31. The van der Waals surface area contributed by atoms with Gasteiger partial charge in [-0.3, -0.25) is 0 Å². The van der Waals surface area contributed by atoms with Crippen molar-refractivity contribution in [2.75, 3.05) is 0 Å². The molecule has 3 heteroatoms. The quantitative estimate of drug-likeness (QED) is 0.774. The predicted octanol–water partition coefficient (Wildman–Crippen LogP) is 5.05. The monoisotopic (exact) mass is 351 g/mol. The Labute approximate surface area is 156 Å². The highest BCUT2D eigenvalue weighted by Gasteiger charge is 2.39. The van der Waals surface area contributed by atoms with Crippen molar-refractivity contribution in [3.05, 3.63) is 65.8 Å². The van der Waals surface area contributed by atoms with Crippen molar-refractivity contribution >= 4 is 11.5 Å². The van der Waals surface area contributed by atoms with Gasteiger partial charge < -0.3 is 10.1 Å². The zero-order valence-corrected chi connectivity index (χ0v) is 16.2. The van der Waals surface area contributed by atoms with Crippen LogP contribution in [0.1, 0.15) is 62.9 Å². The van der Waals surface area contributed by atoms with Gasteiger partial charge in [-0.05, 0) is 57.4 Å². The molecule has 26 heavy (non-hydrogen) atoms. The smallest absolute Gasteiger partial charge is 0.338 e. The van der Waals surface area contributed by atoms with E-state index in [1.165, 1.54) is 5.57 Å². The van der Waals surface area contributed by atoms with Crippen LogP contribution >= 0.6 is 0 Å². The SMILES string of the molecule is CC1(C)CC(OC(=O)c2ccc(C3=CCC=CC=C3)cc2)CC(C)(C)N1. The maximum absolute atomic E-state index is 12.6. The zero-order chi connectivity index (χ0) is 18.8. The summed E-state index contributed by atoms with van der Waals surface area (Å²) in [5.41, 5.74) is 2.83. The van der Waals surface area contributed by atoms with Gasteiger partial charge in [0.05, 0.1) is 5.56 Å². The summed E-state index contributed by atoms with van der Waals surface area (Å²) in [4.78, 5) is 12.6. The van der Waals surface area contributed by atoms with E-state index in [1.54, 1.807) is 0 Å². The first-order valence-corrected chi connectivity index (χ1v) is 9.38. The number of hydrogen-bond donors (Lipinski definition) is 1. The van der Waals surface area contributed by atoms with Crippen LogP contribution in [-0.4, -0.2) is 23.2 Å². The first-order chi connectivity index (χ1) is 12.2. The third kappa shape index (κ3) is 4.73. The lowest BCUT2D eigenvalue weighted by Crippen LogP contribution is -2.59. The molecule has 138 valence electrons. The Bertz CT molecular complexity index is 735. The fraction of sp³-hybridized carbons (Fsp3) is 0.435. The molecule has 2 aliphatic rings. The van der Waals surface area contributed by atoms with Gasteiger partial charge in [0, 0.05) is 23.9 Å². The first-order valence-electron chi connectivity index (χ1n) is 9.38. The molecule has 3 rings (SSSR count). The van der Waals surface area contributed by atoms with Crippen LogP contribution in [0, 0.1) is 0 Å². The van der Waals surface area contributed by atoms with Crippen LogP contribution < -0.4 is 5.32 Å². The normalized spacial score (nSPS) is 21.8. The van der Waals surface area contributed by atoms with Crippen LogP contribution in [0.5, 0.6) is 0 Å². The van der Waals surface area contributed by atoms with Crippen LogP contribution in [0.4, 0.5) is 0 Å². The molecule has 0 atom stereocenters. The van der Waals surface area contributed by atoms with E-state index >= 15 is 0 Å². The lowest BCUT2D eigenvalue weighted by molar-refractivity contribution is -0.00637. The molecule has 0 unspecified atom stereocenters. The summed E-state index contributed by atoms with van der Waals surface area (Å²) in [7, 11) is 0. The Kier molecular flexibility index (Phi) is 5.19. The maximum atomic E-state index is 12.6. The first kappa shape index (κ1) is 18.7. The Morgan fingerprint density at radius 1 is 1.04 bits per heavy atom. The second-order valence-electron chi connectivity index (χ2n) is 8.59. The summed E-state index contributed by atoms with van der Waals surface area (Å²) >= 11 is 0. The van der Waals surface area contributed by atoms with Crippen LogP contribution in [0.25, 0.3) is 5.57 Å². The molecule has 1 aromatic rings. The van der Waals surface area contributed by atoms with Crippen LogP contribution in [0.2, 0.25) is 0 Å². The van der Waals surface area contributed by atoms with Crippen molar-refractivity contribution in [2.24, 2.45) is 0 Å². The van der Waals surface area contributed by atoms with E-state index in [4.69, 9.17) is 4.74 Å². The van der Waals surface area contributed by atoms with Gasteiger partial charge in [0.2, 0.25) is 0 Å². The van der Waals surface area contributed by atoms with E-state index in [0.29, 0.717) is 5.56 Å². The zero-order valence-electron chi connectivity index (χ0n) is 16.2. The van der Waals surface area contributed by atoms with Gasteiger partial charge in [-0.25, -0.2) is 4.79 Å². The highest BCUT2D eigenvalue weighted by atomic mass is 16.5. The molecule has 1 aliphatic carbocycles. The van der Waals surface area contributed by atoms with Crippen molar-refractivity contribution in [3.63, 3.8) is 0 Å². The Balaban J connectivity index is 1.68. The number of ether oxygens (including phenoxy) is 1. The molecule has 1 heterocycles. The Hall–Kier alpha value is -2.13. The molecule has 0 amide bonds. The van der Waals surface area contributed by atoms with Crippen molar-refractivity contribution in [1.29, 1.82) is 0 Å². The minimum Gasteiger partial charge on any atom is -0.459 e. The van der Waals surface area contributed by atoms with Crippen LogP contribution in [0.15, 0.2) is 54.6 Å². The number of rotatable bonds is 3. The predicted molar refractivity (Wildman–Crippen MR) is 107 cm³/mol. The standard InChI is InChI=1S/C23H29NO2/c1-22(2)15-20(16-23(3,4)24-22)26-21(25)19-13-11-18(12-14-19)17-9-7-5-6-8-10-17/h5-7,9-14,20,24H,8,15-16H2,1-4H3. The van der Waals surface area contributed by atoms with Gasteiger partial charge in [-0.15, -0.1) is 0 Å². The van der Waals surface area contributed by atoms with Crippen molar-refractivity contribution in [1.82, 2.24) is 5.32 Å². The number of allylic oxidation sites excluding steroid dienone is 6. The largest absolute Gasteiger partial charge is 0.459 e. The van der Waals surface area contributed by atoms with Crippen LogP contribution in [-0.2, 0) is 4.74 Å². The summed E-state index contributed by atoms with van der Waals surface area (Å²) in [6, 6.07) is 7.72. The van der Waals surface area contributed by atoms with E-state index in [9.17, 15) is 4.79 Å². The molecular weight excluding hydrogens is 322 g/mol. The topological polar surface area (TPSA) is 38.3 Å². The summed E-state index contributed by atoms with van der Waals surface area (Å²) < 4.78 is 5.84. The van der Waals surface area contributed by atoms with Gasteiger partial charge in [-0.1, -0.05) is 42.5 Å². The number of piperidine rings is 1. The minimum absolute atomic E-state index is 0.0388. The summed E-state index contributed by atoms with van der Waals surface area (Å²) in [6.07, 6.45) is 13.0. The van der Waals surface area contributed by atoms with E-state index in [2.05, 4.69) is 57.3 Å². The van der Waals surface area contributed by atoms with Gasteiger partial charge >= 0.3 is 5.97 Å². The molecule has 0 saturated carbocycles. The Morgan fingerprint density at radius 3 is 2.35 bits per heavy atom. The van der Waals surface area contributed by atoms with E-state index in [1.807, 2.05) is 30.3 Å². The van der Waals surface area contributed by atoms with E-state index < -0.39 is 0 Å². The minimum atomic E-state index is -0.234. The lowest BCUT2D eigenvalue weighted by Gasteiger charge is -2.45. The third-order valence-corrected chi connectivity index (χ3v) is 4.88. The molecule has 0 bridgehead atoms. The fourth-order valence-electron chi connectivity index (χ4n) is 4.12. The number of carbonyl (C=O) groups excluding carboxylic acids is 1. The summed E-state index contributed by atoms with van der Waals surface area (Å²) in [5, 5.41) is 3.61. The van der Waals surface area contributed by atoms with Gasteiger partial charge in [0.25, 0.3) is 0 Å². The molecule has 1 saturated heterocycles. The molecule has 3 nitrogen and oxygen atoms in total. The molecule has 0 aromatic heterocycles. The molecule has 1 N–H and O–H groups in total. The van der Waals surface area contributed by atoms with Crippen molar-refractivity contribution in [2.45, 2.75) is 64.1 Å². The Morgan fingerprint density at radius 2 is 1.69 bits per heavy atom. The molecular formula is C23H29NO2. The molecule has 1 fully saturated rings. The molecule has 1 aromatic carbocycles. The van der Waals surface area contributed by atoms with Crippen molar-refractivity contribution < 1.29 is 9.53 Å². The number of hydrogen-bond acceptors (Lipinski definition) is 3. The summed E-state index contributed by atoms with van der Waals surface area (Å²) in [5.74, 6) is -0.234. The van der Waals surface area contributed by atoms with E-state index in [-0.39, 0.29) is 23.2 Å². The maximum Gasteiger partial charge on any atom is 0.338 e. The average Bonchev–Trinajstić information content (AvgIpc) is 2.81. The van der Waals surface area contributed by atoms with Gasteiger partial charge in [0.15, 0.2) is 0 Å². The third-order valence-electron chi connectivity index (χ3n) is 4.88. The van der Waals surface area contributed by atoms with Crippen LogP contribution in [0.3, 0.4) is 0 Å². The van der Waals surface area contributed by atoms with Crippen molar-refractivity contribution in [3.8, 4) is 0 Å². The average molecular weight is 351 g/mol. The number of esters is 1. The fourth-order valence-corrected chi connectivity index (χ4v) is 4.12. The number of nitrogens with one attached hydrogen (secondary N) is 1. The number of benzene rings is 1. The van der Waals surface area contributed by atoms with E-state index in [0.717, 1.165) is 24.8 Å². The van der Waals surface area contributed by atoms with Gasteiger partial charge in [0.1, 0.15) is 6.10 Å². The second kappa shape index (κ2) is 7.24.